The fraction of sp³-hybridized carbons (Fsp3) is 0.273. The van der Waals surface area contributed by atoms with Crippen molar-refractivity contribution in [1.29, 1.82) is 0 Å². The van der Waals surface area contributed by atoms with Crippen molar-refractivity contribution in [3.8, 4) is 11.5 Å². The number of furan rings is 1. The molecule has 0 bridgehead atoms. The molecule has 11 heteroatoms. The van der Waals surface area contributed by atoms with Crippen molar-refractivity contribution in [3.63, 3.8) is 0 Å². The molecule has 5 rings (SSSR count). The molecule has 1 fully saturated rings. The van der Waals surface area contributed by atoms with E-state index in [0.29, 0.717) is 47.6 Å². The maximum Gasteiger partial charge on any atom is 0.294 e. The second-order valence-corrected chi connectivity index (χ2v) is 8.44. The number of anilines is 1. The predicted molar refractivity (Wildman–Crippen MR) is 121 cm³/mol. The second kappa shape index (κ2) is 9.12. The third-order valence-electron chi connectivity index (χ3n) is 5.22. The summed E-state index contributed by atoms with van der Waals surface area (Å²) in [6.07, 6.45) is 1.53. The number of aromatic nitrogens is 3. The number of amides is 1. The molecule has 4 heterocycles. The number of carbonyl (C=O) groups is 1. The molecule has 33 heavy (non-hydrogen) atoms. The number of ether oxygens (including phenoxy) is 1. The van der Waals surface area contributed by atoms with Gasteiger partial charge in [-0.25, -0.2) is 14.1 Å². The summed E-state index contributed by atoms with van der Waals surface area (Å²) in [5.41, 5.74) is 0.992. The number of halogens is 1. The Morgan fingerprint density at radius 2 is 1.97 bits per heavy atom. The molecule has 1 aromatic carbocycles. The summed E-state index contributed by atoms with van der Waals surface area (Å²) in [5.74, 6) is -0.265. The smallest absolute Gasteiger partial charge is 0.294 e. The molecule has 4 aromatic rings. The number of hydrogen-bond acceptors (Lipinski definition) is 8. The summed E-state index contributed by atoms with van der Waals surface area (Å²) in [6, 6.07) is 9.31. The molecular weight excluding hydrogens is 449 g/mol. The highest BCUT2D eigenvalue weighted by molar-refractivity contribution is 7.22. The van der Waals surface area contributed by atoms with Gasteiger partial charge in [0.2, 0.25) is 5.91 Å². The van der Waals surface area contributed by atoms with Gasteiger partial charge in [0.05, 0.1) is 24.2 Å². The van der Waals surface area contributed by atoms with Gasteiger partial charge in [0.25, 0.3) is 5.56 Å². The third-order valence-corrected chi connectivity index (χ3v) is 6.34. The minimum Gasteiger partial charge on any atom is -0.463 e. The maximum absolute atomic E-state index is 13.1. The van der Waals surface area contributed by atoms with Gasteiger partial charge in [0.1, 0.15) is 18.1 Å². The Labute approximate surface area is 191 Å². The SMILES string of the molecule is O=C(Cn1nc(-c2ccco2)c2sc(N3CCOCC3)nc2c1=O)NCc1ccc(F)cc1. The highest BCUT2D eigenvalue weighted by Gasteiger charge is 2.23. The molecule has 1 aliphatic heterocycles. The summed E-state index contributed by atoms with van der Waals surface area (Å²) < 4.78 is 25.7. The lowest BCUT2D eigenvalue weighted by Crippen LogP contribution is -2.36. The van der Waals surface area contributed by atoms with E-state index in [-0.39, 0.29) is 24.4 Å². The monoisotopic (exact) mass is 469 g/mol. The van der Waals surface area contributed by atoms with Gasteiger partial charge in [-0.15, -0.1) is 0 Å². The number of hydrogen-bond donors (Lipinski definition) is 1. The first-order valence-electron chi connectivity index (χ1n) is 10.4. The summed E-state index contributed by atoms with van der Waals surface area (Å²) in [6.45, 7) is 2.48. The van der Waals surface area contributed by atoms with Crippen LogP contribution in [0.2, 0.25) is 0 Å². The summed E-state index contributed by atoms with van der Waals surface area (Å²) >= 11 is 1.37. The molecule has 9 nitrogen and oxygen atoms in total. The molecule has 170 valence electrons. The number of nitrogens with zero attached hydrogens (tertiary/aromatic N) is 4. The molecule has 1 saturated heterocycles. The Kier molecular flexibility index (Phi) is 5.88. The van der Waals surface area contributed by atoms with Crippen molar-refractivity contribution in [2.75, 3.05) is 31.2 Å². The van der Waals surface area contributed by atoms with Crippen LogP contribution in [0.4, 0.5) is 9.52 Å². The van der Waals surface area contributed by atoms with Gasteiger partial charge in [0.15, 0.2) is 16.4 Å². The molecule has 0 radical (unpaired) electrons. The van der Waals surface area contributed by atoms with Crippen molar-refractivity contribution in [2.24, 2.45) is 0 Å². The van der Waals surface area contributed by atoms with Crippen LogP contribution >= 0.6 is 11.3 Å². The quantitative estimate of drug-likeness (QED) is 0.463. The summed E-state index contributed by atoms with van der Waals surface area (Å²) in [5, 5.41) is 7.87. The normalized spacial score (nSPS) is 14.0. The van der Waals surface area contributed by atoms with Gasteiger partial charge in [-0.2, -0.15) is 5.10 Å². The number of nitrogens with one attached hydrogen (secondary N) is 1. The van der Waals surface area contributed by atoms with Crippen LogP contribution in [0.15, 0.2) is 51.9 Å². The Hall–Kier alpha value is -3.57. The zero-order valence-electron chi connectivity index (χ0n) is 17.5. The molecule has 3 aromatic heterocycles. The van der Waals surface area contributed by atoms with Crippen molar-refractivity contribution in [1.82, 2.24) is 20.1 Å². The summed E-state index contributed by atoms with van der Waals surface area (Å²) in [7, 11) is 0. The molecule has 0 saturated carbocycles. The zero-order valence-corrected chi connectivity index (χ0v) is 18.3. The molecule has 0 spiro atoms. The van der Waals surface area contributed by atoms with Crippen molar-refractivity contribution in [2.45, 2.75) is 13.1 Å². The van der Waals surface area contributed by atoms with E-state index < -0.39 is 11.5 Å². The van der Waals surface area contributed by atoms with E-state index in [1.165, 1.54) is 29.7 Å². The van der Waals surface area contributed by atoms with Crippen LogP contribution in [0.1, 0.15) is 5.56 Å². The van der Waals surface area contributed by atoms with Crippen molar-refractivity contribution < 1.29 is 18.3 Å². The number of carbonyl (C=O) groups excluding carboxylic acids is 1. The number of benzene rings is 1. The van der Waals surface area contributed by atoms with E-state index in [9.17, 15) is 14.0 Å². The lowest BCUT2D eigenvalue weighted by Gasteiger charge is -2.25. The largest absolute Gasteiger partial charge is 0.463 e. The summed E-state index contributed by atoms with van der Waals surface area (Å²) in [4.78, 5) is 32.3. The molecule has 0 atom stereocenters. The molecule has 1 amide bonds. The van der Waals surface area contributed by atoms with E-state index in [0.717, 1.165) is 10.2 Å². The van der Waals surface area contributed by atoms with Crippen LogP contribution < -0.4 is 15.8 Å². The lowest BCUT2D eigenvalue weighted by molar-refractivity contribution is -0.122. The van der Waals surface area contributed by atoms with E-state index in [2.05, 4.69) is 20.3 Å². The Balaban J connectivity index is 1.45. The molecule has 1 N–H and O–H groups in total. The predicted octanol–water partition coefficient (Wildman–Crippen LogP) is 2.41. The second-order valence-electron chi connectivity index (χ2n) is 7.47. The van der Waals surface area contributed by atoms with Gasteiger partial charge < -0.3 is 19.4 Å². The molecule has 1 aliphatic rings. The zero-order chi connectivity index (χ0) is 22.8. The van der Waals surface area contributed by atoms with Crippen LogP contribution in [0.5, 0.6) is 0 Å². The highest BCUT2D eigenvalue weighted by atomic mass is 32.1. The standard InChI is InChI=1S/C22H20FN5O4S/c23-15-5-3-14(4-6-15)12-24-17(29)13-28-21(30)19-20(18(26-28)16-2-1-9-32-16)33-22(25-19)27-7-10-31-11-8-27/h1-6,9H,7-8,10-13H2,(H,24,29). The van der Waals surface area contributed by atoms with Crippen LogP contribution in [-0.4, -0.2) is 47.0 Å². The van der Waals surface area contributed by atoms with Crippen molar-refractivity contribution >= 4 is 32.6 Å². The van der Waals surface area contributed by atoms with Gasteiger partial charge in [0, 0.05) is 19.6 Å². The van der Waals surface area contributed by atoms with Crippen LogP contribution in [0.3, 0.4) is 0 Å². The van der Waals surface area contributed by atoms with E-state index in [1.807, 2.05) is 0 Å². The maximum atomic E-state index is 13.1. The first kappa shape index (κ1) is 21.3. The molecule has 0 unspecified atom stereocenters. The number of morpholine rings is 1. The minimum atomic E-state index is -0.451. The molecule has 0 aliphatic carbocycles. The topological polar surface area (TPSA) is 102 Å². The fourth-order valence-corrected chi connectivity index (χ4v) is 4.61. The Morgan fingerprint density at radius 3 is 2.70 bits per heavy atom. The molecular formula is C22H20FN5O4S. The van der Waals surface area contributed by atoms with E-state index in [1.54, 1.807) is 24.3 Å². The first-order chi connectivity index (χ1) is 16.1. The van der Waals surface area contributed by atoms with Gasteiger partial charge in [-0.05, 0) is 29.8 Å². The Morgan fingerprint density at radius 1 is 1.18 bits per heavy atom. The third kappa shape index (κ3) is 4.50. The minimum absolute atomic E-state index is 0.207. The number of fused-ring (bicyclic) bond motifs is 1. The first-order valence-corrected chi connectivity index (χ1v) is 11.2. The average Bonchev–Trinajstić information content (AvgIpc) is 3.52. The number of thiazole rings is 1. The van der Waals surface area contributed by atoms with Crippen LogP contribution in [0, 0.1) is 5.82 Å². The van der Waals surface area contributed by atoms with Gasteiger partial charge in [-0.1, -0.05) is 23.5 Å². The number of rotatable bonds is 6. The van der Waals surface area contributed by atoms with E-state index in [4.69, 9.17) is 9.15 Å². The fourth-order valence-electron chi connectivity index (χ4n) is 3.51. The van der Waals surface area contributed by atoms with Crippen LogP contribution in [-0.2, 0) is 22.6 Å². The van der Waals surface area contributed by atoms with Gasteiger partial charge in [-0.3, -0.25) is 9.59 Å². The average molecular weight is 469 g/mol. The Bertz CT molecular complexity index is 1330. The van der Waals surface area contributed by atoms with Crippen LogP contribution in [0.25, 0.3) is 21.7 Å². The lowest BCUT2D eigenvalue weighted by atomic mass is 10.2. The van der Waals surface area contributed by atoms with Crippen molar-refractivity contribution in [3.05, 3.63) is 64.4 Å². The highest BCUT2D eigenvalue weighted by Crippen LogP contribution is 2.34. The van der Waals surface area contributed by atoms with Gasteiger partial charge >= 0.3 is 0 Å². The van der Waals surface area contributed by atoms with E-state index >= 15 is 0 Å².